The van der Waals surface area contributed by atoms with E-state index in [0.29, 0.717) is 5.69 Å². The summed E-state index contributed by atoms with van der Waals surface area (Å²) in [7, 11) is 2.61. The van der Waals surface area contributed by atoms with Crippen LogP contribution in [0.2, 0.25) is 0 Å². The molecule has 1 aromatic carbocycles. The number of ether oxygens (including phenoxy) is 1. The van der Waals surface area contributed by atoms with Crippen molar-refractivity contribution >= 4 is 5.69 Å². The zero-order valence-electron chi connectivity index (χ0n) is 7.24. The van der Waals surface area contributed by atoms with E-state index in [-0.39, 0.29) is 32.7 Å². The largest absolute Gasteiger partial charge is 0.699 e. The summed E-state index contributed by atoms with van der Waals surface area (Å²) < 4.78 is 4.89. The molecule has 4 heteroatoms. The molecule has 0 aromatic heterocycles. The van der Waals surface area contributed by atoms with Gasteiger partial charge in [-0.15, -0.1) is 5.69 Å². The maximum atomic E-state index is 7.11. The van der Waals surface area contributed by atoms with Gasteiger partial charge in [0.15, 0.2) is 0 Å². The fourth-order valence-corrected chi connectivity index (χ4v) is 0.591. The number of aliphatic hydroxyl groups excluding tert-OH is 1. The summed E-state index contributed by atoms with van der Waals surface area (Å²) in [5.74, 6) is 0.797. The van der Waals surface area contributed by atoms with E-state index in [2.05, 4.69) is 0 Å². The molecule has 1 rings (SSSR count). The Balaban J connectivity index is 0. The molecule has 12 heavy (non-hydrogen) atoms. The summed E-state index contributed by atoms with van der Waals surface area (Å²) >= 11 is 0. The molecule has 0 heterocycles. The molecule has 65 valence electrons. The maximum absolute atomic E-state index is 7.11. The van der Waals surface area contributed by atoms with Crippen molar-refractivity contribution < 1.29 is 42.6 Å². The predicted molar refractivity (Wildman–Crippen MR) is 45.1 cm³/mol. The molecule has 0 saturated heterocycles. The molecule has 1 radical (unpaired) electrons. The Morgan fingerprint density at radius 1 is 1.17 bits per heavy atom. The van der Waals surface area contributed by atoms with E-state index in [0.717, 1.165) is 12.9 Å². The summed E-state index contributed by atoms with van der Waals surface area (Å²) in [6.07, 6.45) is 0. The Hall–Kier alpha value is -0.116. The maximum Gasteiger partial charge on any atom is 0.118 e. The second kappa shape index (κ2) is 8.98. The van der Waals surface area contributed by atoms with Crippen molar-refractivity contribution in [3.05, 3.63) is 30.0 Å². The third kappa shape index (κ3) is 5.52. The van der Waals surface area contributed by atoms with Crippen LogP contribution < -0.4 is 4.74 Å². The number of hydrogen-bond donors (Lipinski definition) is 1. The standard InChI is InChI=1S/C7H8NO.CH4O.Y/c1-9-7-4-2-6(8)3-5-7;1-2;/h2-5,8H,1H3;2H,1H3;/q-1;;. The molecule has 3 nitrogen and oxygen atoms in total. The Morgan fingerprint density at radius 3 is 1.92 bits per heavy atom. The summed E-state index contributed by atoms with van der Waals surface area (Å²) in [6.45, 7) is 0. The van der Waals surface area contributed by atoms with Crippen LogP contribution in [0.1, 0.15) is 0 Å². The second-order valence-electron chi connectivity index (χ2n) is 1.73. The molecular formula is C8H12NO2Y-. The van der Waals surface area contributed by atoms with E-state index < -0.39 is 0 Å². The van der Waals surface area contributed by atoms with Gasteiger partial charge in [-0.3, -0.25) is 0 Å². The third-order valence-electron chi connectivity index (χ3n) is 1.09. The van der Waals surface area contributed by atoms with Crippen LogP contribution >= 0.6 is 0 Å². The molecule has 0 unspecified atom stereocenters. The van der Waals surface area contributed by atoms with E-state index in [1.807, 2.05) is 0 Å². The second-order valence-corrected chi connectivity index (χ2v) is 1.73. The van der Waals surface area contributed by atoms with Crippen LogP contribution in [0.3, 0.4) is 0 Å². The van der Waals surface area contributed by atoms with Gasteiger partial charge in [0.2, 0.25) is 0 Å². The Labute approximate surface area is 97.8 Å². The van der Waals surface area contributed by atoms with Gasteiger partial charge < -0.3 is 15.6 Å². The summed E-state index contributed by atoms with van der Waals surface area (Å²) in [4.78, 5) is 0. The fourth-order valence-electron chi connectivity index (χ4n) is 0.591. The Kier molecular flexibility index (Phi) is 10.8. The predicted octanol–water partition coefficient (Wildman–Crippen LogP) is 1.98. The van der Waals surface area contributed by atoms with Gasteiger partial charge in [0.05, 0.1) is 7.11 Å². The molecule has 0 fully saturated rings. The molecular weight excluding hydrogens is 231 g/mol. The molecule has 0 aliphatic rings. The summed E-state index contributed by atoms with van der Waals surface area (Å²) in [5, 5.41) is 7.00. The van der Waals surface area contributed by atoms with Gasteiger partial charge in [0.1, 0.15) is 5.75 Å². The normalized spacial score (nSPS) is 7.25. The van der Waals surface area contributed by atoms with Crippen LogP contribution in [-0.4, -0.2) is 19.3 Å². The van der Waals surface area contributed by atoms with Gasteiger partial charge >= 0.3 is 0 Å². The molecule has 0 aliphatic carbocycles. The summed E-state index contributed by atoms with van der Waals surface area (Å²) in [6, 6.07) is 6.92. The molecule has 0 spiro atoms. The van der Waals surface area contributed by atoms with Crippen LogP contribution in [0.4, 0.5) is 5.69 Å². The minimum atomic E-state index is 0. The van der Waals surface area contributed by atoms with Crippen LogP contribution in [0.5, 0.6) is 5.75 Å². The average molecular weight is 243 g/mol. The van der Waals surface area contributed by atoms with E-state index in [1.165, 1.54) is 0 Å². The topological polar surface area (TPSA) is 53.3 Å². The molecule has 1 aromatic rings. The van der Waals surface area contributed by atoms with Crippen molar-refractivity contribution in [2.75, 3.05) is 14.2 Å². The first kappa shape index (κ1) is 14.4. The first-order chi connectivity index (χ1) is 5.33. The fraction of sp³-hybridized carbons (Fsp3) is 0.250. The van der Waals surface area contributed by atoms with E-state index in [9.17, 15) is 0 Å². The van der Waals surface area contributed by atoms with Crippen molar-refractivity contribution in [1.82, 2.24) is 0 Å². The van der Waals surface area contributed by atoms with Crippen LogP contribution in [0.25, 0.3) is 5.73 Å². The van der Waals surface area contributed by atoms with Gasteiger partial charge in [-0.1, -0.05) is 12.1 Å². The van der Waals surface area contributed by atoms with Crippen molar-refractivity contribution in [2.24, 2.45) is 0 Å². The van der Waals surface area contributed by atoms with Gasteiger partial charge in [0.25, 0.3) is 0 Å². The molecule has 0 amide bonds. The number of methoxy groups -OCH3 is 1. The zero-order chi connectivity index (χ0) is 8.69. The van der Waals surface area contributed by atoms with E-state index in [1.54, 1.807) is 31.4 Å². The minimum absolute atomic E-state index is 0. The molecule has 0 atom stereocenters. The quantitative estimate of drug-likeness (QED) is 0.819. The van der Waals surface area contributed by atoms with Crippen LogP contribution in [-0.2, 0) is 32.7 Å². The first-order valence-electron chi connectivity index (χ1n) is 3.13. The number of aliphatic hydroxyl groups is 1. The third-order valence-corrected chi connectivity index (χ3v) is 1.09. The van der Waals surface area contributed by atoms with Crippen LogP contribution in [0, 0.1) is 0 Å². The van der Waals surface area contributed by atoms with Gasteiger partial charge in [-0.2, -0.15) is 0 Å². The monoisotopic (exact) mass is 243 g/mol. The Bertz CT molecular complexity index is 189. The van der Waals surface area contributed by atoms with Crippen LogP contribution in [0.15, 0.2) is 24.3 Å². The zero-order valence-corrected chi connectivity index (χ0v) is 10.1. The smallest absolute Gasteiger partial charge is 0.118 e. The van der Waals surface area contributed by atoms with Crippen molar-refractivity contribution in [2.45, 2.75) is 0 Å². The number of nitrogens with one attached hydrogen (secondary N) is 1. The molecule has 0 bridgehead atoms. The Morgan fingerprint density at radius 2 is 1.58 bits per heavy atom. The van der Waals surface area contributed by atoms with Gasteiger partial charge in [0, 0.05) is 39.8 Å². The van der Waals surface area contributed by atoms with Crippen molar-refractivity contribution in [3.63, 3.8) is 0 Å². The first-order valence-corrected chi connectivity index (χ1v) is 3.13. The van der Waals surface area contributed by atoms with Crippen molar-refractivity contribution in [3.8, 4) is 5.75 Å². The van der Waals surface area contributed by atoms with Crippen molar-refractivity contribution in [1.29, 1.82) is 0 Å². The molecule has 0 saturated carbocycles. The summed E-state index contributed by atoms with van der Waals surface area (Å²) in [5.41, 5.74) is 7.62. The number of benzene rings is 1. The average Bonchev–Trinajstić information content (AvgIpc) is 2.10. The van der Waals surface area contributed by atoms with E-state index >= 15 is 0 Å². The molecule has 2 N–H and O–H groups in total. The van der Waals surface area contributed by atoms with Gasteiger partial charge in [-0.05, 0) is 12.1 Å². The SMILES string of the molecule is CO.COc1ccc([NH-])cc1.[Y]. The number of hydrogen-bond acceptors (Lipinski definition) is 2. The van der Waals surface area contributed by atoms with E-state index in [4.69, 9.17) is 15.6 Å². The minimum Gasteiger partial charge on any atom is -0.699 e. The number of rotatable bonds is 1. The molecule has 0 aliphatic heterocycles. The van der Waals surface area contributed by atoms with Gasteiger partial charge in [-0.25, -0.2) is 0 Å².